The third kappa shape index (κ3) is 3.77. The van der Waals surface area contributed by atoms with Crippen LogP contribution < -0.4 is 5.32 Å². The molecule has 3 rings (SSSR count). The third-order valence-corrected chi connectivity index (χ3v) is 4.68. The third-order valence-electron chi connectivity index (χ3n) is 4.68. The van der Waals surface area contributed by atoms with Crippen LogP contribution in [0.5, 0.6) is 0 Å². The number of nitrogens with zero attached hydrogens (tertiary/aromatic N) is 2. The average Bonchev–Trinajstić information content (AvgIpc) is 3.30. The second kappa shape index (κ2) is 7.70. The van der Waals surface area contributed by atoms with E-state index in [4.69, 9.17) is 9.84 Å². The molecule has 0 spiro atoms. The Hall–Kier alpha value is -2.67. The van der Waals surface area contributed by atoms with Crippen molar-refractivity contribution in [2.75, 3.05) is 6.61 Å². The van der Waals surface area contributed by atoms with Crippen molar-refractivity contribution in [2.24, 2.45) is 0 Å². The fourth-order valence-corrected chi connectivity index (χ4v) is 3.39. The first-order chi connectivity index (χ1) is 12.5. The molecule has 1 fully saturated rings. The van der Waals surface area contributed by atoms with Crippen LogP contribution >= 0.6 is 0 Å². The summed E-state index contributed by atoms with van der Waals surface area (Å²) in [6.45, 7) is 2.81. The molecule has 2 N–H and O–H groups in total. The highest BCUT2D eigenvalue weighted by Crippen LogP contribution is 2.33. The van der Waals surface area contributed by atoms with E-state index >= 15 is 0 Å². The van der Waals surface area contributed by atoms with Gasteiger partial charge in [0.1, 0.15) is 5.60 Å². The van der Waals surface area contributed by atoms with Gasteiger partial charge in [-0.25, -0.2) is 9.48 Å². The summed E-state index contributed by atoms with van der Waals surface area (Å²) in [4.78, 5) is 23.6. The van der Waals surface area contributed by atoms with Crippen LogP contribution in [-0.2, 0) is 16.1 Å². The molecular formula is C19H23N3O4. The Balaban J connectivity index is 1.68. The number of carbonyl (C=O) groups excluding carboxylic acids is 1. The summed E-state index contributed by atoms with van der Waals surface area (Å²) in [7, 11) is 0. The molecule has 0 unspecified atom stereocenters. The highest BCUT2D eigenvalue weighted by molar-refractivity contribution is 5.85. The number of benzene rings is 1. The van der Waals surface area contributed by atoms with Crippen LogP contribution in [-0.4, -0.2) is 39.0 Å². The maximum atomic E-state index is 12.6. The van der Waals surface area contributed by atoms with Gasteiger partial charge in [-0.1, -0.05) is 12.1 Å². The van der Waals surface area contributed by atoms with Gasteiger partial charge in [-0.2, -0.15) is 5.10 Å². The molecule has 0 atom stereocenters. The summed E-state index contributed by atoms with van der Waals surface area (Å²) >= 11 is 0. The second-order valence-electron chi connectivity index (χ2n) is 6.44. The molecule has 0 bridgehead atoms. The Morgan fingerprint density at radius 1 is 1.31 bits per heavy atom. The molecule has 7 nitrogen and oxygen atoms in total. The number of hydrogen-bond donors (Lipinski definition) is 2. The van der Waals surface area contributed by atoms with E-state index in [0.717, 1.165) is 36.9 Å². The molecule has 7 heteroatoms. The van der Waals surface area contributed by atoms with Gasteiger partial charge in [0.2, 0.25) is 0 Å². The quantitative estimate of drug-likeness (QED) is 0.794. The van der Waals surface area contributed by atoms with Crippen LogP contribution in [0.25, 0.3) is 5.69 Å². The van der Waals surface area contributed by atoms with Crippen LogP contribution in [0, 0.1) is 0 Å². The number of carboxylic acids is 1. The van der Waals surface area contributed by atoms with Crippen molar-refractivity contribution in [3.8, 4) is 5.69 Å². The summed E-state index contributed by atoms with van der Waals surface area (Å²) in [5, 5.41) is 16.0. The SMILES string of the molecule is CCOC1(C(=O)NCc2cccc(-n3ccc(C(=O)O)n3)c2)CCCC1. The molecular weight excluding hydrogens is 334 g/mol. The van der Waals surface area contributed by atoms with Gasteiger partial charge in [0.25, 0.3) is 5.91 Å². The van der Waals surface area contributed by atoms with Crippen LogP contribution in [0.2, 0.25) is 0 Å². The fraction of sp³-hybridized carbons (Fsp3) is 0.421. The zero-order chi connectivity index (χ0) is 18.6. The van der Waals surface area contributed by atoms with Crippen molar-refractivity contribution >= 4 is 11.9 Å². The molecule has 1 aliphatic rings. The van der Waals surface area contributed by atoms with E-state index in [1.165, 1.54) is 10.7 Å². The highest BCUT2D eigenvalue weighted by atomic mass is 16.5. The van der Waals surface area contributed by atoms with Gasteiger partial charge in [0, 0.05) is 19.3 Å². The van der Waals surface area contributed by atoms with E-state index in [-0.39, 0.29) is 11.6 Å². The maximum absolute atomic E-state index is 12.6. The van der Waals surface area contributed by atoms with E-state index in [2.05, 4.69) is 10.4 Å². The van der Waals surface area contributed by atoms with Gasteiger partial charge >= 0.3 is 5.97 Å². The number of aromatic carboxylic acids is 1. The molecule has 0 saturated heterocycles. The van der Waals surface area contributed by atoms with E-state index in [1.807, 2.05) is 31.2 Å². The van der Waals surface area contributed by atoms with Gasteiger partial charge in [-0.3, -0.25) is 4.79 Å². The van der Waals surface area contributed by atoms with Crippen molar-refractivity contribution in [3.63, 3.8) is 0 Å². The van der Waals surface area contributed by atoms with Gasteiger partial charge in [-0.05, 0) is 56.4 Å². The largest absolute Gasteiger partial charge is 0.476 e. The van der Waals surface area contributed by atoms with E-state index in [0.29, 0.717) is 13.2 Å². The monoisotopic (exact) mass is 357 g/mol. The average molecular weight is 357 g/mol. The summed E-state index contributed by atoms with van der Waals surface area (Å²) in [5.41, 5.74) is 0.950. The molecule has 0 radical (unpaired) electrons. The van der Waals surface area contributed by atoms with Crippen LogP contribution in [0.1, 0.15) is 48.7 Å². The summed E-state index contributed by atoms with van der Waals surface area (Å²) in [6.07, 6.45) is 5.14. The predicted octanol–water partition coefficient (Wildman–Crippen LogP) is 2.54. The number of aromatic nitrogens is 2. The fourth-order valence-electron chi connectivity index (χ4n) is 3.39. The van der Waals surface area contributed by atoms with Crippen LogP contribution in [0.15, 0.2) is 36.5 Å². The zero-order valence-electron chi connectivity index (χ0n) is 14.8. The molecule has 138 valence electrons. The van der Waals surface area contributed by atoms with Gasteiger partial charge in [0.05, 0.1) is 5.69 Å². The number of carbonyl (C=O) groups is 2. The molecule has 1 amide bonds. The lowest BCUT2D eigenvalue weighted by Gasteiger charge is -2.27. The maximum Gasteiger partial charge on any atom is 0.356 e. The molecule has 1 heterocycles. The molecule has 0 aliphatic heterocycles. The van der Waals surface area contributed by atoms with E-state index in [9.17, 15) is 9.59 Å². The number of nitrogens with one attached hydrogen (secondary N) is 1. The number of hydrogen-bond acceptors (Lipinski definition) is 4. The van der Waals surface area contributed by atoms with Crippen molar-refractivity contribution in [1.29, 1.82) is 0 Å². The number of rotatable bonds is 7. The molecule has 1 saturated carbocycles. The van der Waals surface area contributed by atoms with Gasteiger partial charge in [0.15, 0.2) is 5.69 Å². The standard InChI is InChI=1S/C19H23N3O4/c1-2-26-19(9-3-4-10-19)18(25)20-13-14-6-5-7-15(12-14)22-11-8-16(21-22)17(23)24/h5-8,11-12H,2-4,9-10,13H2,1H3,(H,20,25)(H,23,24). The van der Waals surface area contributed by atoms with Crippen molar-refractivity contribution in [3.05, 3.63) is 47.8 Å². The lowest BCUT2D eigenvalue weighted by molar-refractivity contribution is -0.146. The Bertz CT molecular complexity index is 794. The minimum Gasteiger partial charge on any atom is -0.476 e. The molecule has 1 aromatic carbocycles. The van der Waals surface area contributed by atoms with Crippen LogP contribution in [0.3, 0.4) is 0 Å². The first-order valence-corrected chi connectivity index (χ1v) is 8.84. The second-order valence-corrected chi connectivity index (χ2v) is 6.44. The highest BCUT2D eigenvalue weighted by Gasteiger charge is 2.41. The van der Waals surface area contributed by atoms with Gasteiger partial charge < -0.3 is 15.2 Å². The lowest BCUT2D eigenvalue weighted by atomic mass is 10.0. The first-order valence-electron chi connectivity index (χ1n) is 8.84. The molecule has 1 aromatic heterocycles. The summed E-state index contributed by atoms with van der Waals surface area (Å²) < 4.78 is 7.28. The topological polar surface area (TPSA) is 93.5 Å². The Labute approximate surface area is 152 Å². The lowest BCUT2D eigenvalue weighted by Crippen LogP contribution is -2.46. The summed E-state index contributed by atoms with van der Waals surface area (Å²) in [5.74, 6) is -1.13. The van der Waals surface area contributed by atoms with E-state index in [1.54, 1.807) is 6.20 Å². The number of amides is 1. The molecule has 26 heavy (non-hydrogen) atoms. The Kier molecular flexibility index (Phi) is 5.37. The van der Waals surface area contributed by atoms with Crippen LogP contribution in [0.4, 0.5) is 0 Å². The van der Waals surface area contributed by atoms with Crippen molar-refractivity contribution in [1.82, 2.24) is 15.1 Å². The van der Waals surface area contributed by atoms with E-state index < -0.39 is 11.6 Å². The number of carboxylic acid groups (broad SMARTS) is 1. The summed E-state index contributed by atoms with van der Waals surface area (Å²) in [6, 6.07) is 8.92. The molecule has 1 aliphatic carbocycles. The minimum atomic E-state index is -1.06. The smallest absolute Gasteiger partial charge is 0.356 e. The first kappa shape index (κ1) is 18.1. The number of ether oxygens (including phenoxy) is 1. The van der Waals surface area contributed by atoms with Gasteiger partial charge in [-0.15, -0.1) is 0 Å². The predicted molar refractivity (Wildman–Crippen MR) is 95.2 cm³/mol. The van der Waals surface area contributed by atoms with Crippen molar-refractivity contribution < 1.29 is 19.4 Å². The Morgan fingerprint density at radius 3 is 2.73 bits per heavy atom. The zero-order valence-corrected chi connectivity index (χ0v) is 14.8. The normalized spacial score (nSPS) is 15.7. The molecule has 2 aromatic rings. The minimum absolute atomic E-state index is 0.0106. The van der Waals surface area contributed by atoms with Crippen molar-refractivity contribution in [2.45, 2.75) is 44.8 Å². The Morgan fingerprint density at radius 2 is 2.08 bits per heavy atom.